The summed E-state index contributed by atoms with van der Waals surface area (Å²) in [6.45, 7) is 0. The summed E-state index contributed by atoms with van der Waals surface area (Å²) in [5.41, 5.74) is 10.9. The van der Waals surface area contributed by atoms with E-state index in [-0.39, 0.29) is 0 Å². The molecule has 0 amide bonds. The predicted octanol–water partition coefficient (Wildman–Crippen LogP) is 10.2. The van der Waals surface area contributed by atoms with Crippen LogP contribution in [0.4, 0.5) is 0 Å². The van der Waals surface area contributed by atoms with Crippen molar-refractivity contribution in [2.75, 3.05) is 0 Å². The summed E-state index contributed by atoms with van der Waals surface area (Å²) in [6.07, 6.45) is 8.20. The molecule has 5 aromatic carbocycles. The van der Waals surface area contributed by atoms with Crippen LogP contribution in [-0.2, 0) is 5.41 Å². The van der Waals surface area contributed by atoms with Gasteiger partial charge in [0.15, 0.2) is 0 Å². The molecule has 0 unspecified atom stereocenters. The predicted molar refractivity (Wildman–Crippen MR) is 189 cm³/mol. The van der Waals surface area contributed by atoms with Crippen LogP contribution in [0.25, 0.3) is 51.0 Å². The van der Waals surface area contributed by atoms with Crippen molar-refractivity contribution in [3.8, 4) is 28.4 Å². The summed E-state index contributed by atoms with van der Waals surface area (Å²) >= 11 is 0. The molecule has 0 saturated carbocycles. The Labute approximate surface area is 271 Å². The molecular formula is C43H27N3O. The molecule has 1 aliphatic carbocycles. The maximum absolute atomic E-state index is 6.58. The van der Waals surface area contributed by atoms with Crippen molar-refractivity contribution in [1.82, 2.24) is 14.5 Å². The molecule has 4 heterocycles. The Hall–Kier alpha value is -6.26. The molecule has 10 rings (SSSR count). The molecule has 47 heavy (non-hydrogen) atoms. The van der Waals surface area contributed by atoms with E-state index in [0.29, 0.717) is 0 Å². The monoisotopic (exact) mass is 601 g/mol. The zero-order chi connectivity index (χ0) is 31.0. The van der Waals surface area contributed by atoms with E-state index in [1.165, 1.54) is 22.3 Å². The van der Waals surface area contributed by atoms with Gasteiger partial charge in [0.2, 0.25) is 0 Å². The zero-order valence-electron chi connectivity index (χ0n) is 25.3. The first-order valence-corrected chi connectivity index (χ1v) is 15.9. The molecule has 8 aromatic rings. The molecule has 0 N–H and O–H groups in total. The fourth-order valence-corrected chi connectivity index (χ4v) is 7.83. The lowest BCUT2D eigenvalue weighted by atomic mass is 9.62. The first-order chi connectivity index (χ1) is 23.3. The average Bonchev–Trinajstić information content (AvgIpc) is 3.39. The average molecular weight is 602 g/mol. The summed E-state index contributed by atoms with van der Waals surface area (Å²) in [4.78, 5) is 9.46. The van der Waals surface area contributed by atoms with E-state index < -0.39 is 5.41 Å². The summed E-state index contributed by atoms with van der Waals surface area (Å²) in [7, 11) is 0. The Morgan fingerprint density at radius 3 is 1.94 bits per heavy atom. The van der Waals surface area contributed by atoms with E-state index in [9.17, 15) is 0 Å². The van der Waals surface area contributed by atoms with Gasteiger partial charge < -0.3 is 4.74 Å². The topological polar surface area (TPSA) is 39.9 Å². The van der Waals surface area contributed by atoms with Crippen molar-refractivity contribution in [3.05, 3.63) is 185 Å². The van der Waals surface area contributed by atoms with Crippen LogP contribution < -0.4 is 4.74 Å². The fraction of sp³-hybridized carbons (Fsp3) is 0.0233. The quantitative estimate of drug-likeness (QED) is 0.198. The number of ether oxygens (including phenoxy) is 1. The van der Waals surface area contributed by atoms with E-state index in [2.05, 4.69) is 137 Å². The molecule has 220 valence electrons. The van der Waals surface area contributed by atoms with Gasteiger partial charge in [0.1, 0.15) is 23.0 Å². The van der Waals surface area contributed by atoms with E-state index in [4.69, 9.17) is 9.72 Å². The van der Waals surface area contributed by atoms with Crippen molar-refractivity contribution in [2.45, 2.75) is 5.41 Å². The van der Waals surface area contributed by atoms with Crippen molar-refractivity contribution in [2.24, 2.45) is 0 Å². The van der Waals surface area contributed by atoms with Crippen molar-refractivity contribution in [3.63, 3.8) is 0 Å². The molecule has 1 spiro atoms. The molecule has 0 radical (unpaired) electrons. The Kier molecular flexibility index (Phi) is 5.46. The first-order valence-electron chi connectivity index (χ1n) is 15.9. The van der Waals surface area contributed by atoms with Gasteiger partial charge in [-0.1, -0.05) is 97.1 Å². The minimum Gasteiger partial charge on any atom is -0.457 e. The van der Waals surface area contributed by atoms with Gasteiger partial charge in [-0.3, -0.25) is 4.57 Å². The van der Waals surface area contributed by atoms with Gasteiger partial charge in [-0.2, -0.15) is 0 Å². The Morgan fingerprint density at radius 2 is 1.15 bits per heavy atom. The molecular weight excluding hydrogens is 574 g/mol. The van der Waals surface area contributed by atoms with Crippen LogP contribution in [0.5, 0.6) is 11.5 Å². The third kappa shape index (κ3) is 3.64. The van der Waals surface area contributed by atoms with Gasteiger partial charge >= 0.3 is 0 Å². The lowest BCUT2D eigenvalue weighted by Gasteiger charge is -2.42. The van der Waals surface area contributed by atoms with Crippen LogP contribution in [0.15, 0.2) is 152 Å². The number of para-hydroxylation sites is 2. The van der Waals surface area contributed by atoms with Gasteiger partial charge in [-0.15, -0.1) is 0 Å². The van der Waals surface area contributed by atoms with Crippen LogP contribution in [-0.4, -0.2) is 14.5 Å². The summed E-state index contributed by atoms with van der Waals surface area (Å²) in [5, 5.41) is 2.25. The largest absolute Gasteiger partial charge is 0.457 e. The van der Waals surface area contributed by atoms with Crippen molar-refractivity contribution in [1.29, 1.82) is 0 Å². The van der Waals surface area contributed by atoms with E-state index >= 15 is 0 Å². The Balaban J connectivity index is 1.26. The molecule has 1 aliphatic heterocycles. The number of fused-ring (bicyclic) bond motifs is 11. The second-order valence-corrected chi connectivity index (χ2v) is 12.2. The second kappa shape index (κ2) is 9.87. The lowest BCUT2D eigenvalue weighted by molar-refractivity contribution is 0.434. The normalized spacial score (nSPS) is 13.8. The second-order valence-electron chi connectivity index (χ2n) is 12.2. The highest BCUT2D eigenvalue weighted by molar-refractivity contribution is 6.09. The number of pyridine rings is 2. The van der Waals surface area contributed by atoms with Crippen LogP contribution in [0.1, 0.15) is 33.4 Å². The Morgan fingerprint density at radius 1 is 0.489 bits per heavy atom. The number of aromatic nitrogens is 3. The molecule has 0 atom stereocenters. The highest BCUT2D eigenvalue weighted by Gasteiger charge is 2.47. The molecule has 2 aliphatic rings. The number of rotatable bonds is 2. The molecule has 0 fully saturated rings. The smallest absolute Gasteiger partial charge is 0.146 e. The van der Waals surface area contributed by atoms with E-state index in [0.717, 1.165) is 61.5 Å². The van der Waals surface area contributed by atoms with Crippen LogP contribution in [0, 0.1) is 0 Å². The van der Waals surface area contributed by atoms with Gasteiger partial charge in [0.05, 0.1) is 10.9 Å². The van der Waals surface area contributed by atoms with Gasteiger partial charge in [0, 0.05) is 34.3 Å². The highest BCUT2D eigenvalue weighted by Crippen LogP contribution is 2.58. The third-order valence-corrected chi connectivity index (χ3v) is 9.80. The molecule has 0 saturated heterocycles. The zero-order valence-corrected chi connectivity index (χ0v) is 25.3. The van der Waals surface area contributed by atoms with Crippen molar-refractivity contribution >= 4 is 34.1 Å². The fourth-order valence-electron chi connectivity index (χ4n) is 7.83. The minimum absolute atomic E-state index is 0.583. The summed E-state index contributed by atoms with van der Waals surface area (Å²) in [6, 6.07) is 49.6. The van der Waals surface area contributed by atoms with Gasteiger partial charge in [0.25, 0.3) is 0 Å². The molecule has 4 heteroatoms. The van der Waals surface area contributed by atoms with E-state index in [1.54, 1.807) is 0 Å². The summed E-state index contributed by atoms with van der Waals surface area (Å²) in [5.74, 6) is 2.62. The third-order valence-electron chi connectivity index (χ3n) is 9.80. The number of hydrogen-bond donors (Lipinski definition) is 0. The Bertz CT molecular complexity index is 2520. The maximum atomic E-state index is 6.58. The number of nitrogens with zero attached hydrogens (tertiary/aromatic N) is 3. The van der Waals surface area contributed by atoms with E-state index in [1.807, 2.05) is 36.7 Å². The van der Waals surface area contributed by atoms with Gasteiger partial charge in [-0.25, -0.2) is 9.97 Å². The lowest BCUT2D eigenvalue weighted by Crippen LogP contribution is -2.35. The van der Waals surface area contributed by atoms with Crippen LogP contribution >= 0.6 is 0 Å². The first kappa shape index (κ1) is 26.0. The molecule has 0 bridgehead atoms. The maximum Gasteiger partial charge on any atom is 0.146 e. The van der Waals surface area contributed by atoms with Crippen LogP contribution in [0.3, 0.4) is 0 Å². The van der Waals surface area contributed by atoms with Crippen LogP contribution in [0.2, 0.25) is 0 Å². The van der Waals surface area contributed by atoms with Gasteiger partial charge in [-0.05, 0) is 88.0 Å². The van der Waals surface area contributed by atoms with Crippen molar-refractivity contribution < 1.29 is 4.74 Å². The standard InChI is InChI=1S/C43H27N3O/c1-2-12-34-28(10-1)18-19-29-20-21-31(27-37(29)43(34)35-13-3-5-15-39(35)47-40-16-6-4-14-36(40)43)30-22-23-38-33(26-30)32-11-9-25-45-42(32)46(38)41-17-7-8-24-44-41/h1-27H. The minimum atomic E-state index is -0.583. The summed E-state index contributed by atoms with van der Waals surface area (Å²) < 4.78 is 8.74. The molecule has 3 aromatic heterocycles. The number of benzene rings is 5. The SMILES string of the molecule is C1=Cc2ccc(-c3ccc4c(c3)c3cccnc3n4-c3ccccn3)cc2C2(c3ccccc31)c1ccccc1Oc1ccccc12. The highest BCUT2D eigenvalue weighted by atomic mass is 16.5. The number of hydrogen-bond acceptors (Lipinski definition) is 3. The molecule has 4 nitrogen and oxygen atoms in total.